The van der Waals surface area contributed by atoms with E-state index in [4.69, 9.17) is 0 Å². The van der Waals surface area contributed by atoms with Crippen molar-refractivity contribution < 1.29 is 0 Å². The van der Waals surface area contributed by atoms with Crippen LogP contribution in [0.4, 0.5) is 0 Å². The summed E-state index contributed by atoms with van der Waals surface area (Å²) in [4.78, 5) is 0. The second kappa shape index (κ2) is 10.6. The molecule has 2 aromatic heterocycles. The Morgan fingerprint density at radius 1 is 0.237 bits per heavy atom. The molecule has 0 radical (unpaired) electrons. The van der Waals surface area contributed by atoms with E-state index in [1.807, 2.05) is 0 Å². The van der Waals surface area contributed by atoms with Gasteiger partial charge in [-0.15, -0.1) is 0 Å². The third-order valence-corrected chi connectivity index (χ3v) is 14.0. The van der Waals surface area contributed by atoms with Crippen molar-refractivity contribution in [2.75, 3.05) is 0 Å². The zero-order chi connectivity index (χ0) is 38.1. The van der Waals surface area contributed by atoms with Crippen LogP contribution in [0.1, 0.15) is 0 Å². The number of nitrogens with zero attached hydrogens (tertiary/aromatic N) is 1. The van der Waals surface area contributed by atoms with Crippen LogP contribution in [0.25, 0.3) is 148 Å². The van der Waals surface area contributed by atoms with Crippen molar-refractivity contribution in [1.82, 2.24) is 4.40 Å². The van der Waals surface area contributed by atoms with Crippen LogP contribution in [0, 0.1) is 0 Å². The second-order valence-corrected chi connectivity index (χ2v) is 16.6. The van der Waals surface area contributed by atoms with Crippen LogP contribution in [-0.4, -0.2) is 4.40 Å². The highest BCUT2D eigenvalue weighted by Gasteiger charge is 2.29. The Morgan fingerprint density at radius 2 is 0.576 bits per heavy atom. The molecule has 0 aliphatic heterocycles. The average Bonchev–Trinajstić information content (AvgIpc) is 4.02. The second-order valence-electron chi connectivity index (χ2n) is 16.6. The summed E-state index contributed by atoms with van der Waals surface area (Å²) < 4.78 is 2.60. The molecule has 0 fully saturated rings. The van der Waals surface area contributed by atoms with Crippen LogP contribution < -0.4 is 0 Å². The van der Waals surface area contributed by atoms with Gasteiger partial charge in [-0.05, 0) is 111 Å². The number of fused-ring (bicyclic) bond motifs is 14. The van der Waals surface area contributed by atoms with E-state index in [1.54, 1.807) is 0 Å². The van der Waals surface area contributed by atoms with Gasteiger partial charge in [0.25, 0.3) is 0 Å². The first-order valence-electron chi connectivity index (χ1n) is 20.7. The summed E-state index contributed by atoms with van der Waals surface area (Å²) >= 11 is 0. The molecule has 0 saturated heterocycles. The smallest absolute Gasteiger partial charge is 0.0620 e. The minimum absolute atomic E-state index is 1.25. The molecule has 0 unspecified atom stereocenters. The van der Waals surface area contributed by atoms with Crippen LogP contribution in [0.2, 0.25) is 0 Å². The van der Waals surface area contributed by atoms with Gasteiger partial charge >= 0.3 is 0 Å². The molecule has 0 saturated carbocycles. The maximum atomic E-state index is 2.60. The summed E-state index contributed by atoms with van der Waals surface area (Å²) in [5.41, 5.74) is 19.6. The van der Waals surface area contributed by atoms with Crippen molar-refractivity contribution in [3.63, 3.8) is 0 Å². The number of hydrogen-bond donors (Lipinski definition) is 0. The van der Waals surface area contributed by atoms with Gasteiger partial charge in [0, 0.05) is 32.7 Å². The summed E-state index contributed by atoms with van der Waals surface area (Å²) in [6.45, 7) is 0. The summed E-state index contributed by atoms with van der Waals surface area (Å²) in [7, 11) is 0. The average molecular weight is 742 g/mol. The van der Waals surface area contributed by atoms with E-state index in [0.29, 0.717) is 0 Å². The SMILES string of the molecule is c1ccc2c(c1)-c1cccc3c(-c4c5ccccc5cc5c4c4cccc6c7c(-c8ccc9c%10c(cccc8%10)-c8ccccc8-9)c8ccccc8cc7n5c46)ccc-2c13. The van der Waals surface area contributed by atoms with Crippen molar-refractivity contribution in [2.45, 2.75) is 0 Å². The molecule has 268 valence electrons. The number of hydrogen-bond acceptors (Lipinski definition) is 0. The topological polar surface area (TPSA) is 4.41 Å². The number of benzene rings is 11. The molecule has 13 aromatic rings. The Hall–Kier alpha value is -7.74. The minimum atomic E-state index is 1.25. The maximum Gasteiger partial charge on any atom is 0.0620 e. The standard InChI is InChI=1S/C58H31N/c1-3-14-34-32(12-1)30-50-56(54(34)46-28-26-44-38-18-7-5-16-36(38)40-20-9-22-42(46)52(40)44)48-24-11-25-49-57-51(59(50)58(48)49)31-33-13-2-4-15-35(33)55(57)47-29-27-45-39-19-8-6-17-37(39)41-21-10-23-43(47)53(41)45/h1-31H. The molecular weight excluding hydrogens is 711 g/mol. The highest BCUT2D eigenvalue weighted by atomic mass is 14.9. The molecule has 2 heterocycles. The molecule has 0 bridgehead atoms. The van der Waals surface area contributed by atoms with E-state index in [2.05, 4.69) is 192 Å². The Balaban J connectivity index is 1.11. The van der Waals surface area contributed by atoms with Gasteiger partial charge in [-0.25, -0.2) is 0 Å². The first-order chi connectivity index (χ1) is 29.3. The zero-order valence-electron chi connectivity index (χ0n) is 31.8. The van der Waals surface area contributed by atoms with E-state index in [9.17, 15) is 0 Å². The summed E-state index contributed by atoms with van der Waals surface area (Å²) in [6.07, 6.45) is 0. The number of para-hydroxylation sites is 1. The molecule has 59 heavy (non-hydrogen) atoms. The Kier molecular flexibility index (Phi) is 5.46. The predicted octanol–water partition coefficient (Wildman–Crippen LogP) is 16.1. The van der Waals surface area contributed by atoms with Gasteiger partial charge in [-0.2, -0.15) is 0 Å². The van der Waals surface area contributed by atoms with Crippen molar-refractivity contribution in [3.05, 3.63) is 188 Å². The molecule has 0 spiro atoms. The van der Waals surface area contributed by atoms with Gasteiger partial charge in [-0.1, -0.05) is 176 Å². The van der Waals surface area contributed by atoms with Crippen molar-refractivity contribution >= 4 is 81.2 Å². The normalized spacial score (nSPS) is 12.7. The first kappa shape index (κ1) is 30.4. The lowest BCUT2D eigenvalue weighted by atomic mass is 9.87. The molecule has 15 rings (SSSR count). The van der Waals surface area contributed by atoms with Crippen LogP contribution in [0.15, 0.2) is 188 Å². The van der Waals surface area contributed by atoms with E-state index >= 15 is 0 Å². The molecule has 0 atom stereocenters. The predicted molar refractivity (Wildman–Crippen MR) is 251 cm³/mol. The molecule has 1 nitrogen and oxygen atoms in total. The number of aromatic nitrogens is 1. The molecular formula is C58H31N. The lowest BCUT2D eigenvalue weighted by Gasteiger charge is -2.16. The largest absolute Gasteiger partial charge is 0.308 e. The quantitative estimate of drug-likeness (QED) is 0.166. The monoisotopic (exact) mass is 741 g/mol. The Morgan fingerprint density at radius 3 is 1.05 bits per heavy atom. The zero-order valence-corrected chi connectivity index (χ0v) is 31.8. The fourth-order valence-corrected chi connectivity index (χ4v) is 11.7. The van der Waals surface area contributed by atoms with Gasteiger partial charge in [0.2, 0.25) is 0 Å². The van der Waals surface area contributed by atoms with Gasteiger partial charge in [0.05, 0.1) is 16.6 Å². The summed E-state index contributed by atoms with van der Waals surface area (Å²) in [5.74, 6) is 0. The van der Waals surface area contributed by atoms with E-state index in [-0.39, 0.29) is 0 Å². The van der Waals surface area contributed by atoms with E-state index < -0.39 is 0 Å². The van der Waals surface area contributed by atoms with Crippen LogP contribution in [-0.2, 0) is 0 Å². The number of rotatable bonds is 2. The third kappa shape index (κ3) is 3.60. The van der Waals surface area contributed by atoms with Gasteiger partial charge < -0.3 is 4.40 Å². The fraction of sp³-hybridized carbons (Fsp3) is 0. The lowest BCUT2D eigenvalue weighted by molar-refractivity contribution is 1.38. The summed E-state index contributed by atoms with van der Waals surface area (Å²) in [5, 5.41) is 15.7. The molecule has 2 aliphatic carbocycles. The molecule has 1 heteroatoms. The van der Waals surface area contributed by atoms with Crippen molar-refractivity contribution in [2.24, 2.45) is 0 Å². The highest BCUT2D eigenvalue weighted by Crippen LogP contribution is 2.55. The van der Waals surface area contributed by atoms with Gasteiger partial charge in [0.15, 0.2) is 0 Å². The molecule has 2 aliphatic rings. The minimum Gasteiger partial charge on any atom is -0.308 e. The highest BCUT2D eigenvalue weighted by molar-refractivity contribution is 6.35. The molecule has 0 amide bonds. The third-order valence-electron chi connectivity index (χ3n) is 14.0. The molecule has 0 N–H and O–H groups in total. The van der Waals surface area contributed by atoms with E-state index in [0.717, 1.165) is 0 Å². The van der Waals surface area contributed by atoms with E-state index in [1.165, 1.54) is 148 Å². The Bertz CT molecular complexity index is 3750. The maximum absolute atomic E-state index is 2.60. The van der Waals surface area contributed by atoms with Crippen LogP contribution in [0.3, 0.4) is 0 Å². The first-order valence-corrected chi connectivity index (χ1v) is 20.7. The van der Waals surface area contributed by atoms with Gasteiger partial charge in [-0.3, -0.25) is 0 Å². The lowest BCUT2D eigenvalue weighted by Crippen LogP contribution is -1.90. The van der Waals surface area contributed by atoms with Crippen molar-refractivity contribution in [1.29, 1.82) is 0 Å². The Labute approximate surface area is 339 Å². The van der Waals surface area contributed by atoms with Crippen LogP contribution in [0.5, 0.6) is 0 Å². The summed E-state index contributed by atoms with van der Waals surface area (Å²) in [6, 6.07) is 71.1. The van der Waals surface area contributed by atoms with Crippen molar-refractivity contribution in [3.8, 4) is 66.8 Å². The van der Waals surface area contributed by atoms with Gasteiger partial charge in [0.1, 0.15) is 0 Å². The fourth-order valence-electron chi connectivity index (χ4n) is 11.7. The van der Waals surface area contributed by atoms with Crippen LogP contribution >= 0.6 is 0 Å². The molecule has 11 aromatic carbocycles.